The van der Waals surface area contributed by atoms with Crippen LogP contribution in [0.3, 0.4) is 0 Å². The molecule has 0 spiro atoms. The number of aromatic nitrogens is 1. The van der Waals surface area contributed by atoms with Crippen molar-refractivity contribution in [2.45, 2.75) is 46.1 Å². The number of hydrogen-bond acceptors (Lipinski definition) is 4. The Labute approximate surface area is 119 Å². The summed E-state index contributed by atoms with van der Waals surface area (Å²) in [5.41, 5.74) is 7.69. The van der Waals surface area contributed by atoms with Crippen molar-refractivity contribution in [3.05, 3.63) is 18.2 Å². The molecule has 2 aromatic rings. The van der Waals surface area contributed by atoms with Crippen LogP contribution < -0.4 is 10.6 Å². The molecule has 2 N–H and O–H groups in total. The highest BCUT2D eigenvalue weighted by Crippen LogP contribution is 2.31. The minimum atomic E-state index is 0.481. The summed E-state index contributed by atoms with van der Waals surface area (Å²) in [6, 6.07) is 6.42. The molecule has 2 rings (SSSR count). The average Bonchev–Trinajstić information content (AvgIpc) is 2.76. The van der Waals surface area contributed by atoms with Gasteiger partial charge in [-0.25, -0.2) is 4.98 Å². The Morgan fingerprint density at radius 1 is 1.32 bits per heavy atom. The number of hydrogen-bond donors (Lipinski definition) is 1. The van der Waals surface area contributed by atoms with Gasteiger partial charge < -0.3 is 10.6 Å². The van der Waals surface area contributed by atoms with Crippen LogP contribution in [0.2, 0.25) is 0 Å². The molecule has 0 atom stereocenters. The molecule has 1 aromatic carbocycles. The van der Waals surface area contributed by atoms with Crippen LogP contribution in [0.1, 0.15) is 40.0 Å². The van der Waals surface area contributed by atoms with Gasteiger partial charge in [-0.2, -0.15) is 0 Å². The molecule has 1 heterocycles. The van der Waals surface area contributed by atoms with E-state index in [1.165, 1.54) is 24.0 Å². The molecule has 0 unspecified atom stereocenters. The molecule has 0 saturated carbocycles. The molecule has 0 radical (unpaired) electrons. The van der Waals surface area contributed by atoms with E-state index in [9.17, 15) is 0 Å². The maximum Gasteiger partial charge on any atom is 0.186 e. The first-order valence-corrected chi connectivity index (χ1v) is 7.86. The number of unbranched alkanes of at least 4 members (excludes halogenated alkanes) is 2. The second-order valence-electron chi connectivity index (χ2n) is 5.22. The zero-order valence-electron chi connectivity index (χ0n) is 12.0. The highest BCUT2D eigenvalue weighted by Gasteiger charge is 2.14. The van der Waals surface area contributed by atoms with Crippen molar-refractivity contribution in [1.82, 2.24) is 4.98 Å². The van der Waals surface area contributed by atoms with E-state index in [-0.39, 0.29) is 0 Å². The van der Waals surface area contributed by atoms with Crippen LogP contribution in [0, 0.1) is 0 Å². The fourth-order valence-electron chi connectivity index (χ4n) is 2.16. The van der Waals surface area contributed by atoms with E-state index in [2.05, 4.69) is 25.7 Å². The molecular formula is C15H23N3S. The quantitative estimate of drug-likeness (QED) is 0.633. The highest BCUT2D eigenvalue weighted by molar-refractivity contribution is 7.22. The number of rotatable bonds is 6. The van der Waals surface area contributed by atoms with E-state index in [1.54, 1.807) is 11.3 Å². The third-order valence-corrected chi connectivity index (χ3v) is 4.33. The summed E-state index contributed by atoms with van der Waals surface area (Å²) in [6.07, 6.45) is 3.76. The number of nitrogen functional groups attached to an aromatic ring is 1. The van der Waals surface area contributed by atoms with Gasteiger partial charge in [-0.1, -0.05) is 31.1 Å². The van der Waals surface area contributed by atoms with Gasteiger partial charge in [0.25, 0.3) is 0 Å². The van der Waals surface area contributed by atoms with Gasteiger partial charge in [0.2, 0.25) is 0 Å². The molecule has 0 fully saturated rings. The predicted octanol–water partition coefficient (Wildman–Crippen LogP) is 4.28. The van der Waals surface area contributed by atoms with Crippen molar-refractivity contribution in [3.8, 4) is 0 Å². The number of benzene rings is 1. The van der Waals surface area contributed by atoms with E-state index >= 15 is 0 Å². The second-order valence-corrected chi connectivity index (χ2v) is 6.23. The van der Waals surface area contributed by atoms with Gasteiger partial charge in [-0.3, -0.25) is 0 Å². The third-order valence-electron chi connectivity index (χ3n) is 3.27. The van der Waals surface area contributed by atoms with Gasteiger partial charge in [-0.05, 0) is 38.5 Å². The van der Waals surface area contributed by atoms with Crippen LogP contribution in [-0.4, -0.2) is 17.6 Å². The van der Waals surface area contributed by atoms with Crippen molar-refractivity contribution >= 4 is 32.4 Å². The minimum Gasteiger partial charge on any atom is -0.399 e. The Bertz CT molecular complexity index is 533. The lowest BCUT2D eigenvalue weighted by atomic mass is 10.2. The zero-order valence-corrected chi connectivity index (χ0v) is 12.8. The minimum absolute atomic E-state index is 0.481. The Kier molecular flexibility index (Phi) is 4.64. The number of thiazole rings is 1. The summed E-state index contributed by atoms with van der Waals surface area (Å²) in [5.74, 6) is 0. The molecule has 0 aliphatic carbocycles. The topological polar surface area (TPSA) is 42.2 Å². The number of nitrogens with zero attached hydrogens (tertiary/aromatic N) is 2. The van der Waals surface area contributed by atoms with Gasteiger partial charge in [0.15, 0.2) is 5.13 Å². The number of nitrogens with two attached hydrogens (primary N) is 1. The van der Waals surface area contributed by atoms with Gasteiger partial charge in [0.1, 0.15) is 0 Å². The standard InChI is InChI=1S/C15H23N3S/c1-4-5-6-9-18(11(2)3)15-17-13-8-7-12(16)10-14(13)19-15/h7-8,10-11H,4-6,9,16H2,1-3H3. The van der Waals surface area contributed by atoms with Crippen molar-refractivity contribution in [2.75, 3.05) is 17.2 Å². The average molecular weight is 277 g/mol. The summed E-state index contributed by atoms with van der Waals surface area (Å²) < 4.78 is 1.18. The second kappa shape index (κ2) is 6.24. The maximum atomic E-state index is 5.83. The maximum absolute atomic E-state index is 5.83. The van der Waals surface area contributed by atoms with Gasteiger partial charge in [0.05, 0.1) is 10.2 Å². The molecule has 0 bridgehead atoms. The summed E-state index contributed by atoms with van der Waals surface area (Å²) >= 11 is 1.74. The predicted molar refractivity (Wildman–Crippen MR) is 86.0 cm³/mol. The monoisotopic (exact) mass is 277 g/mol. The van der Waals surface area contributed by atoms with Crippen LogP contribution in [-0.2, 0) is 0 Å². The Morgan fingerprint density at radius 2 is 2.11 bits per heavy atom. The molecule has 0 aliphatic rings. The normalized spacial score (nSPS) is 11.4. The fraction of sp³-hybridized carbons (Fsp3) is 0.533. The van der Waals surface area contributed by atoms with Gasteiger partial charge >= 0.3 is 0 Å². The first-order valence-electron chi connectivity index (χ1n) is 7.04. The van der Waals surface area contributed by atoms with Crippen molar-refractivity contribution in [3.63, 3.8) is 0 Å². The third kappa shape index (κ3) is 3.38. The Balaban J connectivity index is 2.23. The van der Waals surface area contributed by atoms with E-state index in [1.807, 2.05) is 18.2 Å². The van der Waals surface area contributed by atoms with E-state index in [4.69, 9.17) is 10.7 Å². The zero-order chi connectivity index (χ0) is 13.8. The number of fused-ring (bicyclic) bond motifs is 1. The van der Waals surface area contributed by atoms with Crippen LogP contribution in [0.15, 0.2) is 18.2 Å². The molecule has 3 nitrogen and oxygen atoms in total. The van der Waals surface area contributed by atoms with Crippen LogP contribution in [0.5, 0.6) is 0 Å². The molecule has 1 aromatic heterocycles. The first-order chi connectivity index (χ1) is 9.11. The molecular weight excluding hydrogens is 254 g/mol. The largest absolute Gasteiger partial charge is 0.399 e. The summed E-state index contributed by atoms with van der Waals surface area (Å²) in [4.78, 5) is 7.14. The molecule has 4 heteroatoms. The molecule has 0 aliphatic heterocycles. The van der Waals surface area contributed by atoms with Crippen molar-refractivity contribution in [1.29, 1.82) is 0 Å². The molecule has 0 saturated heterocycles. The summed E-state index contributed by atoms with van der Waals surface area (Å²) in [7, 11) is 0. The lowest BCUT2D eigenvalue weighted by Crippen LogP contribution is -2.31. The molecule has 104 valence electrons. The fourth-order valence-corrected chi connectivity index (χ4v) is 3.33. The lowest BCUT2D eigenvalue weighted by molar-refractivity contribution is 0.625. The van der Waals surface area contributed by atoms with E-state index in [0.717, 1.165) is 22.9 Å². The van der Waals surface area contributed by atoms with Crippen LogP contribution in [0.4, 0.5) is 10.8 Å². The first kappa shape index (κ1) is 14.1. The summed E-state index contributed by atoms with van der Waals surface area (Å²) in [6.45, 7) is 7.78. The Morgan fingerprint density at radius 3 is 2.79 bits per heavy atom. The molecule has 0 amide bonds. The Hall–Kier alpha value is -1.29. The van der Waals surface area contributed by atoms with Crippen LogP contribution >= 0.6 is 11.3 Å². The summed E-state index contributed by atoms with van der Waals surface area (Å²) in [5, 5.41) is 1.12. The lowest BCUT2D eigenvalue weighted by Gasteiger charge is -2.25. The van der Waals surface area contributed by atoms with E-state index < -0.39 is 0 Å². The van der Waals surface area contributed by atoms with Crippen molar-refractivity contribution in [2.24, 2.45) is 0 Å². The van der Waals surface area contributed by atoms with Gasteiger partial charge in [-0.15, -0.1) is 0 Å². The van der Waals surface area contributed by atoms with Crippen molar-refractivity contribution < 1.29 is 0 Å². The highest BCUT2D eigenvalue weighted by atomic mass is 32.1. The van der Waals surface area contributed by atoms with E-state index in [0.29, 0.717) is 6.04 Å². The van der Waals surface area contributed by atoms with Crippen LogP contribution in [0.25, 0.3) is 10.2 Å². The SMILES string of the molecule is CCCCCN(c1nc2ccc(N)cc2s1)C(C)C. The van der Waals surface area contributed by atoms with Gasteiger partial charge in [0, 0.05) is 18.3 Å². The number of anilines is 2. The molecule has 19 heavy (non-hydrogen) atoms. The smallest absolute Gasteiger partial charge is 0.186 e.